The van der Waals surface area contributed by atoms with E-state index in [2.05, 4.69) is 12.8 Å². The molecule has 1 heterocycles. The second-order valence-electron chi connectivity index (χ2n) is 10.6. The molecule has 4 aliphatic rings. The fourth-order valence-corrected chi connectivity index (χ4v) is 7.17. The number of rotatable bonds is 3. The number of aliphatic hydroxyl groups is 4. The molecule has 10 atom stereocenters. The van der Waals surface area contributed by atoms with E-state index in [0.29, 0.717) is 29.9 Å². The molecule has 0 radical (unpaired) electrons. The van der Waals surface area contributed by atoms with E-state index in [9.17, 15) is 30.3 Å². The van der Waals surface area contributed by atoms with Crippen LogP contribution in [0.25, 0.3) is 0 Å². The Balaban J connectivity index is 1.35. The molecule has 0 amide bonds. The van der Waals surface area contributed by atoms with E-state index in [1.54, 1.807) is 6.07 Å². The molecule has 5 rings (SSSR count). The summed E-state index contributed by atoms with van der Waals surface area (Å²) >= 11 is 0. The van der Waals surface area contributed by atoms with Crippen molar-refractivity contribution in [2.45, 2.75) is 87.7 Å². The van der Waals surface area contributed by atoms with Crippen LogP contribution < -0.4 is 4.74 Å². The van der Waals surface area contributed by atoms with E-state index in [1.807, 2.05) is 12.1 Å². The summed E-state index contributed by atoms with van der Waals surface area (Å²) in [7, 11) is 0. The predicted molar refractivity (Wildman–Crippen MR) is 120 cm³/mol. The van der Waals surface area contributed by atoms with Crippen molar-refractivity contribution < 1.29 is 39.8 Å². The molecule has 34 heavy (non-hydrogen) atoms. The molecule has 5 N–H and O–H groups in total. The minimum absolute atomic E-state index is 0.260. The summed E-state index contributed by atoms with van der Waals surface area (Å²) in [4.78, 5) is 11.3. The zero-order valence-electron chi connectivity index (χ0n) is 19.1. The van der Waals surface area contributed by atoms with Crippen molar-refractivity contribution in [3.63, 3.8) is 0 Å². The molecule has 0 aromatic heterocycles. The number of aliphatic carboxylic acids is 1. The van der Waals surface area contributed by atoms with E-state index >= 15 is 0 Å². The number of carbonyl (C=O) groups is 1. The van der Waals surface area contributed by atoms with Gasteiger partial charge in [0.1, 0.15) is 29.7 Å². The Morgan fingerprint density at radius 1 is 1.15 bits per heavy atom. The van der Waals surface area contributed by atoms with Crippen LogP contribution in [0.5, 0.6) is 5.75 Å². The van der Waals surface area contributed by atoms with Crippen LogP contribution in [0.15, 0.2) is 18.2 Å². The van der Waals surface area contributed by atoms with Gasteiger partial charge in [0.15, 0.2) is 6.10 Å². The Morgan fingerprint density at radius 3 is 2.62 bits per heavy atom. The molecule has 1 saturated heterocycles. The molecule has 3 fully saturated rings. The second-order valence-corrected chi connectivity index (χ2v) is 10.6. The summed E-state index contributed by atoms with van der Waals surface area (Å²) in [5.41, 5.74) is 1.09. The molecule has 0 unspecified atom stereocenters. The first-order valence-electron chi connectivity index (χ1n) is 12.0. The lowest BCUT2D eigenvalue weighted by atomic mass is 9.53. The van der Waals surface area contributed by atoms with Crippen LogP contribution >= 0.6 is 0 Å². The smallest absolute Gasteiger partial charge is 0.335 e. The van der Waals surface area contributed by atoms with Gasteiger partial charge in [-0.15, -0.1) is 6.42 Å². The van der Waals surface area contributed by atoms with Crippen molar-refractivity contribution in [3.05, 3.63) is 29.3 Å². The zero-order chi connectivity index (χ0) is 24.4. The maximum atomic E-state index is 11.3. The molecule has 1 aromatic rings. The maximum Gasteiger partial charge on any atom is 0.335 e. The molecular weight excluding hydrogens is 440 g/mol. The van der Waals surface area contributed by atoms with E-state index in [0.717, 1.165) is 37.7 Å². The number of fused-ring (bicyclic) bond motifs is 5. The number of hydrogen-bond donors (Lipinski definition) is 5. The van der Waals surface area contributed by atoms with Gasteiger partial charge in [-0.25, -0.2) is 4.79 Å². The van der Waals surface area contributed by atoms with Crippen LogP contribution in [0.3, 0.4) is 0 Å². The van der Waals surface area contributed by atoms with Gasteiger partial charge in [0.05, 0.1) is 0 Å². The quantitative estimate of drug-likeness (QED) is 0.414. The highest BCUT2D eigenvalue weighted by Crippen LogP contribution is 2.64. The lowest BCUT2D eigenvalue weighted by Crippen LogP contribution is -2.61. The molecule has 3 aliphatic carbocycles. The highest BCUT2D eigenvalue weighted by molar-refractivity contribution is 5.73. The van der Waals surface area contributed by atoms with Crippen LogP contribution in [-0.2, 0) is 16.0 Å². The first kappa shape index (κ1) is 23.6. The number of ether oxygens (including phenoxy) is 2. The van der Waals surface area contributed by atoms with Gasteiger partial charge in [0.25, 0.3) is 0 Å². The Labute approximate surface area is 198 Å². The summed E-state index contributed by atoms with van der Waals surface area (Å²) in [6.45, 7) is 2.15. The number of aryl methyl sites for hydroxylation is 1. The van der Waals surface area contributed by atoms with Gasteiger partial charge in [0.2, 0.25) is 6.29 Å². The van der Waals surface area contributed by atoms with E-state index in [4.69, 9.17) is 15.9 Å². The number of hydrogen-bond acceptors (Lipinski definition) is 7. The van der Waals surface area contributed by atoms with Gasteiger partial charge < -0.3 is 35.0 Å². The summed E-state index contributed by atoms with van der Waals surface area (Å²) in [5, 5.41) is 50.5. The highest BCUT2D eigenvalue weighted by atomic mass is 16.7. The fraction of sp³-hybridized carbons (Fsp3) is 0.654. The maximum absolute atomic E-state index is 11.3. The molecule has 1 aliphatic heterocycles. The highest BCUT2D eigenvalue weighted by Gasteiger charge is 2.61. The first-order chi connectivity index (χ1) is 16.1. The monoisotopic (exact) mass is 472 g/mol. The molecule has 1 aromatic carbocycles. The second kappa shape index (κ2) is 8.21. The summed E-state index contributed by atoms with van der Waals surface area (Å²) in [5.74, 6) is 2.86. The van der Waals surface area contributed by atoms with Crippen molar-refractivity contribution in [2.75, 3.05) is 0 Å². The largest absolute Gasteiger partial charge is 0.479 e. The first-order valence-corrected chi connectivity index (χ1v) is 12.0. The average Bonchev–Trinajstić information content (AvgIpc) is 3.10. The van der Waals surface area contributed by atoms with Crippen LogP contribution in [0.4, 0.5) is 0 Å². The van der Waals surface area contributed by atoms with Crippen molar-refractivity contribution in [3.8, 4) is 18.1 Å². The number of benzene rings is 1. The molecule has 2 saturated carbocycles. The van der Waals surface area contributed by atoms with E-state index in [1.165, 1.54) is 5.56 Å². The molecule has 8 heteroatoms. The van der Waals surface area contributed by atoms with Gasteiger partial charge in [0, 0.05) is 5.41 Å². The van der Waals surface area contributed by atoms with E-state index in [-0.39, 0.29) is 5.41 Å². The predicted octanol–water partition coefficient (Wildman–Crippen LogP) is 1.18. The van der Waals surface area contributed by atoms with E-state index < -0.39 is 42.3 Å². The van der Waals surface area contributed by atoms with Gasteiger partial charge in [-0.2, -0.15) is 0 Å². The minimum atomic E-state index is -1.76. The molecule has 0 spiro atoms. The zero-order valence-corrected chi connectivity index (χ0v) is 19.1. The van der Waals surface area contributed by atoms with Gasteiger partial charge in [-0.05, 0) is 79.5 Å². The third-order valence-electron chi connectivity index (χ3n) is 9.15. The number of carboxylic acid groups (broad SMARTS) is 1. The van der Waals surface area contributed by atoms with Crippen LogP contribution in [0.2, 0.25) is 0 Å². The Kier molecular flexibility index (Phi) is 5.70. The topological polar surface area (TPSA) is 137 Å². The standard InChI is InChI=1S/C26H32O8/c1-3-26(32)11-9-18-17-6-4-13-12-14(5-7-15(13)16(17)8-10-25(18,26)2)33-24-21(29)19(27)20(28)22(34-24)23(30)31/h1,5,7,12,16-22,24,27-29,32H,4,6,8-11H2,2H3,(H,30,31)/t16-,17+,18+,19-,20-,21+,22-,24-,25-,26-/m0/s1. The lowest BCUT2D eigenvalue weighted by Gasteiger charge is -2.52. The van der Waals surface area contributed by atoms with Crippen molar-refractivity contribution in [1.82, 2.24) is 0 Å². The number of terminal acetylenes is 1. The Morgan fingerprint density at radius 2 is 1.91 bits per heavy atom. The summed E-state index contributed by atoms with van der Waals surface area (Å²) in [6.07, 6.45) is 2.78. The summed E-state index contributed by atoms with van der Waals surface area (Å²) < 4.78 is 11.0. The normalized spacial score (nSPS) is 45.4. The Hall–Kier alpha value is -2.15. The molecular formula is C26H32O8. The van der Waals surface area contributed by atoms with Gasteiger partial charge in [-0.3, -0.25) is 0 Å². The average molecular weight is 473 g/mol. The third-order valence-corrected chi connectivity index (χ3v) is 9.15. The molecule has 0 bridgehead atoms. The number of carboxylic acids is 1. The van der Waals surface area contributed by atoms with Crippen molar-refractivity contribution in [1.29, 1.82) is 0 Å². The third kappa shape index (κ3) is 3.37. The fourth-order valence-electron chi connectivity index (χ4n) is 7.17. The van der Waals surface area contributed by atoms with Gasteiger partial charge >= 0.3 is 5.97 Å². The molecule has 184 valence electrons. The van der Waals surface area contributed by atoms with Crippen LogP contribution in [0.1, 0.15) is 56.1 Å². The lowest BCUT2D eigenvalue weighted by molar-refractivity contribution is -0.271. The van der Waals surface area contributed by atoms with Crippen LogP contribution in [0, 0.1) is 29.6 Å². The minimum Gasteiger partial charge on any atom is -0.479 e. The summed E-state index contributed by atoms with van der Waals surface area (Å²) in [6, 6.07) is 5.67. The van der Waals surface area contributed by atoms with Crippen molar-refractivity contribution in [2.24, 2.45) is 17.3 Å². The van der Waals surface area contributed by atoms with Gasteiger partial charge in [-0.1, -0.05) is 18.9 Å². The Bertz CT molecular complexity index is 1020. The SMILES string of the molecule is C#C[C@]1(O)CC[C@@H]2[C@@H]3CCc4cc(O[C@H]5O[C@H](C(=O)O)[C@@H](O)[C@H](O)[C@H]5O)ccc4[C@@H]3CC[C@@]21C. The number of aliphatic hydroxyl groups excluding tert-OH is 3. The van der Waals surface area contributed by atoms with Crippen LogP contribution in [-0.4, -0.2) is 67.8 Å². The van der Waals surface area contributed by atoms with Crippen molar-refractivity contribution >= 4 is 5.97 Å². The molecule has 8 nitrogen and oxygen atoms in total.